The van der Waals surface area contributed by atoms with Gasteiger partial charge in [0.15, 0.2) is 6.61 Å². The van der Waals surface area contributed by atoms with Crippen LogP contribution in [0.5, 0.6) is 11.5 Å². The smallest absolute Gasteiger partial charge is 0.422 e. The van der Waals surface area contributed by atoms with Gasteiger partial charge in [0.25, 0.3) is 0 Å². The van der Waals surface area contributed by atoms with Gasteiger partial charge in [-0.05, 0) is 38.5 Å². The van der Waals surface area contributed by atoms with Gasteiger partial charge in [-0.15, -0.1) is 0 Å². The molecule has 5 nitrogen and oxygen atoms in total. The number of aliphatic hydroxyl groups is 1. The van der Waals surface area contributed by atoms with Crippen LogP contribution in [0, 0.1) is 0 Å². The Morgan fingerprint density at radius 2 is 2.12 bits per heavy atom. The standard InChI is InChI=1S/C17H20F3NO4/c1-16(2)15(23)14(21-7-3-4-13(21)22)11-8-10(5-6-12(11)25-16)24-9-17(18,19)20/h5-6,8,14-15,23H,3-4,7,9H2,1-2H3/t14-,15+/m1/s1. The van der Waals surface area contributed by atoms with E-state index in [0.29, 0.717) is 30.7 Å². The summed E-state index contributed by atoms with van der Waals surface area (Å²) in [4.78, 5) is 13.7. The minimum Gasteiger partial charge on any atom is -0.485 e. The van der Waals surface area contributed by atoms with Crippen LogP contribution in [-0.2, 0) is 4.79 Å². The second kappa shape index (κ2) is 6.09. The van der Waals surface area contributed by atoms with Crippen LogP contribution in [0.25, 0.3) is 0 Å². The van der Waals surface area contributed by atoms with Crippen LogP contribution in [0.3, 0.4) is 0 Å². The van der Waals surface area contributed by atoms with E-state index in [1.54, 1.807) is 18.7 Å². The van der Waals surface area contributed by atoms with Crippen molar-refractivity contribution in [3.05, 3.63) is 23.8 Å². The molecule has 1 aromatic rings. The minimum atomic E-state index is -4.45. The van der Waals surface area contributed by atoms with Crippen LogP contribution in [0.1, 0.15) is 38.3 Å². The summed E-state index contributed by atoms with van der Waals surface area (Å²) in [5, 5.41) is 10.7. The summed E-state index contributed by atoms with van der Waals surface area (Å²) in [6.07, 6.45) is -4.38. The highest BCUT2D eigenvalue weighted by Gasteiger charge is 2.47. The Morgan fingerprint density at radius 1 is 1.40 bits per heavy atom. The normalized spacial score (nSPS) is 25.5. The number of rotatable bonds is 3. The Kier molecular flexibility index (Phi) is 4.35. The summed E-state index contributed by atoms with van der Waals surface area (Å²) in [6.45, 7) is 2.50. The maximum absolute atomic E-state index is 12.4. The average molecular weight is 359 g/mol. The zero-order valence-electron chi connectivity index (χ0n) is 14.0. The molecule has 0 aromatic heterocycles. The summed E-state index contributed by atoms with van der Waals surface area (Å²) in [7, 11) is 0. The number of carbonyl (C=O) groups is 1. The first-order valence-corrected chi connectivity index (χ1v) is 8.08. The molecule has 2 aliphatic heterocycles. The molecular weight excluding hydrogens is 339 g/mol. The number of halogens is 3. The molecule has 0 bridgehead atoms. The molecule has 2 heterocycles. The van der Waals surface area contributed by atoms with Gasteiger partial charge in [0, 0.05) is 18.5 Å². The van der Waals surface area contributed by atoms with Crippen molar-refractivity contribution in [3.8, 4) is 11.5 Å². The first-order valence-electron chi connectivity index (χ1n) is 8.08. The van der Waals surface area contributed by atoms with E-state index in [0.717, 1.165) is 0 Å². The fourth-order valence-electron chi connectivity index (χ4n) is 3.30. The van der Waals surface area contributed by atoms with Crippen molar-refractivity contribution in [2.75, 3.05) is 13.2 Å². The molecule has 0 aliphatic carbocycles. The third kappa shape index (κ3) is 3.53. The molecule has 25 heavy (non-hydrogen) atoms. The first-order chi connectivity index (χ1) is 11.6. The molecule has 3 rings (SSSR count). The predicted molar refractivity (Wildman–Crippen MR) is 82.4 cm³/mol. The molecule has 0 saturated carbocycles. The largest absolute Gasteiger partial charge is 0.485 e. The van der Waals surface area contributed by atoms with Gasteiger partial charge < -0.3 is 19.5 Å². The van der Waals surface area contributed by atoms with Crippen LogP contribution < -0.4 is 9.47 Å². The lowest BCUT2D eigenvalue weighted by atomic mass is 9.85. The highest BCUT2D eigenvalue weighted by Crippen LogP contribution is 2.45. The Balaban J connectivity index is 1.97. The number of likely N-dealkylation sites (tertiary alicyclic amines) is 1. The highest BCUT2D eigenvalue weighted by molar-refractivity contribution is 5.79. The zero-order valence-corrected chi connectivity index (χ0v) is 14.0. The second-order valence-electron chi connectivity index (χ2n) is 6.89. The van der Waals surface area contributed by atoms with Crippen LogP contribution in [0.4, 0.5) is 13.2 Å². The van der Waals surface area contributed by atoms with Crippen LogP contribution in [-0.4, -0.2) is 46.9 Å². The molecule has 138 valence electrons. The average Bonchev–Trinajstić information content (AvgIpc) is 2.91. The first kappa shape index (κ1) is 17.8. The number of ether oxygens (including phenoxy) is 2. The van der Waals surface area contributed by atoms with Crippen molar-refractivity contribution in [2.45, 2.75) is 50.6 Å². The Labute approximate surface area is 143 Å². The van der Waals surface area contributed by atoms with E-state index in [9.17, 15) is 23.1 Å². The fraction of sp³-hybridized carbons (Fsp3) is 0.588. The lowest BCUT2D eigenvalue weighted by Crippen LogP contribution is -2.53. The lowest BCUT2D eigenvalue weighted by molar-refractivity contribution is -0.153. The quantitative estimate of drug-likeness (QED) is 0.902. The lowest BCUT2D eigenvalue weighted by Gasteiger charge is -2.45. The third-order valence-corrected chi connectivity index (χ3v) is 4.53. The maximum Gasteiger partial charge on any atom is 0.422 e. The monoisotopic (exact) mass is 359 g/mol. The number of nitrogens with zero attached hydrogens (tertiary/aromatic N) is 1. The molecule has 1 N–H and O–H groups in total. The van der Waals surface area contributed by atoms with Gasteiger partial charge in [0.2, 0.25) is 5.91 Å². The number of fused-ring (bicyclic) bond motifs is 1. The van der Waals surface area contributed by atoms with Gasteiger partial charge in [-0.25, -0.2) is 0 Å². The molecular formula is C17H20F3NO4. The molecule has 1 fully saturated rings. The second-order valence-corrected chi connectivity index (χ2v) is 6.89. The molecule has 0 unspecified atom stereocenters. The number of alkyl halides is 3. The van der Waals surface area contributed by atoms with Crippen LogP contribution >= 0.6 is 0 Å². The number of hydrogen-bond donors (Lipinski definition) is 1. The molecule has 1 saturated heterocycles. The van der Waals surface area contributed by atoms with Crippen molar-refractivity contribution in [1.82, 2.24) is 4.90 Å². The SMILES string of the molecule is CC1(C)Oc2ccc(OCC(F)(F)F)cc2[C@@H](N2CCCC2=O)[C@@H]1O. The summed E-state index contributed by atoms with van der Waals surface area (Å²) >= 11 is 0. The van der Waals surface area contributed by atoms with Gasteiger partial charge in [0.05, 0.1) is 6.04 Å². The minimum absolute atomic E-state index is 0.0169. The van der Waals surface area contributed by atoms with E-state index in [1.807, 2.05) is 0 Å². The third-order valence-electron chi connectivity index (χ3n) is 4.53. The zero-order chi connectivity index (χ0) is 18.4. The molecule has 1 aromatic carbocycles. The van der Waals surface area contributed by atoms with E-state index in [2.05, 4.69) is 0 Å². The topological polar surface area (TPSA) is 59.0 Å². The van der Waals surface area contributed by atoms with Gasteiger partial charge in [-0.2, -0.15) is 13.2 Å². The van der Waals surface area contributed by atoms with E-state index in [4.69, 9.17) is 9.47 Å². The number of benzene rings is 1. The van der Waals surface area contributed by atoms with Gasteiger partial charge in [0.1, 0.15) is 23.2 Å². The van der Waals surface area contributed by atoms with Crippen molar-refractivity contribution < 1.29 is 32.5 Å². The predicted octanol–water partition coefficient (Wildman–Crippen LogP) is 2.82. The summed E-state index contributed by atoms with van der Waals surface area (Å²) in [5.41, 5.74) is -0.476. The number of carbonyl (C=O) groups excluding carboxylic acids is 1. The number of amides is 1. The van der Waals surface area contributed by atoms with Crippen LogP contribution in [0.2, 0.25) is 0 Å². The molecule has 0 spiro atoms. The Hall–Kier alpha value is -1.96. The molecule has 1 amide bonds. The van der Waals surface area contributed by atoms with E-state index in [-0.39, 0.29) is 11.7 Å². The van der Waals surface area contributed by atoms with Gasteiger partial charge >= 0.3 is 6.18 Å². The van der Waals surface area contributed by atoms with E-state index >= 15 is 0 Å². The highest BCUT2D eigenvalue weighted by atomic mass is 19.4. The summed E-state index contributed by atoms with van der Waals surface area (Å²) in [5.74, 6) is 0.358. The van der Waals surface area contributed by atoms with Crippen molar-refractivity contribution in [2.24, 2.45) is 0 Å². The van der Waals surface area contributed by atoms with E-state index < -0.39 is 30.5 Å². The molecule has 2 aliphatic rings. The van der Waals surface area contributed by atoms with E-state index in [1.165, 1.54) is 18.2 Å². The number of aliphatic hydroxyl groups excluding tert-OH is 1. The maximum atomic E-state index is 12.4. The fourth-order valence-corrected chi connectivity index (χ4v) is 3.30. The van der Waals surface area contributed by atoms with Crippen molar-refractivity contribution in [3.63, 3.8) is 0 Å². The summed E-state index contributed by atoms with van der Waals surface area (Å²) in [6, 6.07) is 3.64. The van der Waals surface area contributed by atoms with Crippen LogP contribution in [0.15, 0.2) is 18.2 Å². The summed E-state index contributed by atoms with van der Waals surface area (Å²) < 4.78 is 47.7. The Morgan fingerprint density at radius 3 is 2.72 bits per heavy atom. The van der Waals surface area contributed by atoms with Crippen molar-refractivity contribution in [1.29, 1.82) is 0 Å². The molecule has 0 radical (unpaired) electrons. The van der Waals surface area contributed by atoms with Crippen molar-refractivity contribution >= 4 is 5.91 Å². The molecule has 2 atom stereocenters. The van der Waals surface area contributed by atoms with Gasteiger partial charge in [-0.1, -0.05) is 0 Å². The van der Waals surface area contributed by atoms with Gasteiger partial charge in [-0.3, -0.25) is 4.79 Å². The molecule has 8 heteroatoms. The Bertz CT molecular complexity index is 674. The number of hydrogen-bond acceptors (Lipinski definition) is 4.